The summed E-state index contributed by atoms with van der Waals surface area (Å²) >= 11 is 0. The van der Waals surface area contributed by atoms with Crippen LogP contribution in [0.1, 0.15) is 21.7 Å². The number of nitrogens with zero attached hydrogens (tertiary/aromatic N) is 1. The van der Waals surface area contributed by atoms with Crippen molar-refractivity contribution < 1.29 is 4.79 Å². The van der Waals surface area contributed by atoms with E-state index in [1.54, 1.807) is 6.08 Å². The number of Topliss-reactive ketones (excluding diaryl/α,β-unsaturated/α-hetero) is 1. The van der Waals surface area contributed by atoms with E-state index in [0.717, 1.165) is 17.0 Å². The fourth-order valence-electron chi connectivity index (χ4n) is 1.52. The number of rotatable bonds is 5. The summed E-state index contributed by atoms with van der Waals surface area (Å²) in [5, 5.41) is 3.01. The van der Waals surface area contributed by atoms with Gasteiger partial charge in [-0.3, -0.25) is 4.79 Å². The van der Waals surface area contributed by atoms with E-state index in [0.29, 0.717) is 13.1 Å². The molecule has 0 saturated carbocycles. The Hall–Kier alpha value is -1.35. The SMILES string of the molecule is C=CCNCC(=O)c1cc(C)n(C)c1C. The lowest BCUT2D eigenvalue weighted by Gasteiger charge is -2.02. The van der Waals surface area contributed by atoms with Crippen LogP contribution in [-0.4, -0.2) is 23.4 Å². The molecular weight excluding hydrogens is 188 g/mol. The summed E-state index contributed by atoms with van der Waals surface area (Å²) in [6.07, 6.45) is 1.75. The van der Waals surface area contributed by atoms with Crippen LogP contribution in [0.5, 0.6) is 0 Å². The van der Waals surface area contributed by atoms with Crippen LogP contribution in [0.2, 0.25) is 0 Å². The Morgan fingerprint density at radius 2 is 2.27 bits per heavy atom. The Kier molecular flexibility index (Phi) is 3.86. The molecule has 1 aromatic heterocycles. The molecule has 0 aromatic carbocycles. The summed E-state index contributed by atoms with van der Waals surface area (Å²) in [4.78, 5) is 11.8. The molecule has 1 rings (SSSR count). The van der Waals surface area contributed by atoms with E-state index < -0.39 is 0 Å². The van der Waals surface area contributed by atoms with Gasteiger partial charge in [-0.1, -0.05) is 6.08 Å². The monoisotopic (exact) mass is 206 g/mol. The standard InChI is InChI=1S/C12H18N2O/c1-5-6-13-8-12(15)11-7-9(2)14(4)10(11)3/h5,7,13H,1,6,8H2,2-4H3. The van der Waals surface area contributed by atoms with Gasteiger partial charge in [0.1, 0.15) is 0 Å². The highest BCUT2D eigenvalue weighted by atomic mass is 16.1. The van der Waals surface area contributed by atoms with Crippen LogP contribution >= 0.6 is 0 Å². The molecule has 3 heteroatoms. The molecule has 3 nitrogen and oxygen atoms in total. The first kappa shape index (κ1) is 11.7. The Morgan fingerprint density at radius 1 is 1.60 bits per heavy atom. The Labute approximate surface area is 90.8 Å². The molecule has 1 N–H and O–H groups in total. The fourth-order valence-corrected chi connectivity index (χ4v) is 1.52. The van der Waals surface area contributed by atoms with Gasteiger partial charge in [0.05, 0.1) is 6.54 Å². The maximum Gasteiger partial charge on any atom is 0.178 e. The second-order valence-electron chi connectivity index (χ2n) is 3.69. The third kappa shape index (κ3) is 2.57. The zero-order valence-corrected chi connectivity index (χ0v) is 9.63. The summed E-state index contributed by atoms with van der Waals surface area (Å²) in [5.74, 6) is 0.137. The molecule has 0 atom stereocenters. The molecule has 0 fully saturated rings. The van der Waals surface area contributed by atoms with Crippen molar-refractivity contribution in [3.8, 4) is 0 Å². The predicted octanol–water partition coefficient (Wildman–Crippen LogP) is 1.60. The first-order chi connectivity index (χ1) is 7.07. The van der Waals surface area contributed by atoms with Gasteiger partial charge in [0, 0.05) is 30.5 Å². The number of carbonyl (C=O) groups is 1. The summed E-state index contributed by atoms with van der Waals surface area (Å²) in [5.41, 5.74) is 2.95. The van der Waals surface area contributed by atoms with Crippen LogP contribution in [0.4, 0.5) is 0 Å². The van der Waals surface area contributed by atoms with Crippen LogP contribution in [0, 0.1) is 13.8 Å². The number of aromatic nitrogens is 1. The van der Waals surface area contributed by atoms with Gasteiger partial charge in [-0.05, 0) is 19.9 Å². The molecule has 0 aliphatic heterocycles. The lowest BCUT2D eigenvalue weighted by atomic mass is 10.1. The summed E-state index contributed by atoms with van der Waals surface area (Å²) in [6, 6.07) is 1.94. The topological polar surface area (TPSA) is 34.0 Å². The van der Waals surface area contributed by atoms with E-state index in [9.17, 15) is 4.79 Å². The highest BCUT2D eigenvalue weighted by molar-refractivity contribution is 5.99. The van der Waals surface area contributed by atoms with Gasteiger partial charge in [-0.2, -0.15) is 0 Å². The molecule has 0 radical (unpaired) electrons. The molecule has 1 aromatic rings. The van der Waals surface area contributed by atoms with Crippen LogP contribution in [0.25, 0.3) is 0 Å². The van der Waals surface area contributed by atoms with Gasteiger partial charge in [0.2, 0.25) is 0 Å². The Balaban J connectivity index is 2.74. The molecule has 0 bridgehead atoms. The van der Waals surface area contributed by atoms with E-state index in [1.165, 1.54) is 0 Å². The van der Waals surface area contributed by atoms with Crippen molar-refractivity contribution in [3.63, 3.8) is 0 Å². The van der Waals surface area contributed by atoms with E-state index >= 15 is 0 Å². The third-order valence-electron chi connectivity index (χ3n) is 2.65. The third-order valence-corrected chi connectivity index (χ3v) is 2.65. The number of hydrogen-bond donors (Lipinski definition) is 1. The minimum Gasteiger partial charge on any atom is -0.351 e. The molecule has 0 saturated heterocycles. The maximum absolute atomic E-state index is 11.8. The van der Waals surface area contributed by atoms with Gasteiger partial charge in [0.25, 0.3) is 0 Å². The zero-order valence-electron chi connectivity index (χ0n) is 9.63. The van der Waals surface area contributed by atoms with Gasteiger partial charge in [0.15, 0.2) is 5.78 Å². The lowest BCUT2D eigenvalue weighted by molar-refractivity contribution is 0.0991. The lowest BCUT2D eigenvalue weighted by Crippen LogP contribution is -2.23. The highest BCUT2D eigenvalue weighted by Gasteiger charge is 2.12. The maximum atomic E-state index is 11.8. The predicted molar refractivity (Wildman–Crippen MR) is 62.3 cm³/mol. The van der Waals surface area contributed by atoms with Crippen LogP contribution in [0.15, 0.2) is 18.7 Å². The minimum absolute atomic E-state index is 0.137. The zero-order chi connectivity index (χ0) is 11.4. The molecular formula is C12H18N2O. The van der Waals surface area contributed by atoms with Gasteiger partial charge in [-0.25, -0.2) is 0 Å². The average molecular weight is 206 g/mol. The summed E-state index contributed by atoms with van der Waals surface area (Å²) in [6.45, 7) is 8.59. The van der Waals surface area contributed by atoms with E-state index in [-0.39, 0.29) is 5.78 Å². The molecule has 1 heterocycles. The molecule has 82 valence electrons. The molecule has 0 spiro atoms. The van der Waals surface area contributed by atoms with Crippen LogP contribution < -0.4 is 5.32 Å². The van der Waals surface area contributed by atoms with Crippen molar-refractivity contribution in [2.75, 3.05) is 13.1 Å². The number of hydrogen-bond acceptors (Lipinski definition) is 2. The van der Waals surface area contributed by atoms with Crippen molar-refractivity contribution in [1.29, 1.82) is 0 Å². The summed E-state index contributed by atoms with van der Waals surface area (Å²) in [7, 11) is 1.97. The number of nitrogens with one attached hydrogen (secondary N) is 1. The average Bonchev–Trinajstić information content (AvgIpc) is 2.46. The number of carbonyl (C=O) groups excluding carboxylic acids is 1. The van der Waals surface area contributed by atoms with Crippen LogP contribution in [0.3, 0.4) is 0 Å². The van der Waals surface area contributed by atoms with Gasteiger partial charge < -0.3 is 9.88 Å². The molecule has 0 aliphatic rings. The van der Waals surface area contributed by atoms with Crippen molar-refractivity contribution >= 4 is 5.78 Å². The Bertz CT molecular complexity index is 377. The van der Waals surface area contributed by atoms with E-state index in [2.05, 4.69) is 11.9 Å². The second kappa shape index (κ2) is 4.94. The van der Waals surface area contributed by atoms with Gasteiger partial charge in [-0.15, -0.1) is 6.58 Å². The van der Waals surface area contributed by atoms with Crippen molar-refractivity contribution in [1.82, 2.24) is 9.88 Å². The molecule has 15 heavy (non-hydrogen) atoms. The Morgan fingerprint density at radius 3 is 2.73 bits per heavy atom. The van der Waals surface area contributed by atoms with Crippen LogP contribution in [-0.2, 0) is 7.05 Å². The minimum atomic E-state index is 0.137. The van der Waals surface area contributed by atoms with E-state index in [4.69, 9.17) is 0 Å². The van der Waals surface area contributed by atoms with Crippen molar-refractivity contribution in [3.05, 3.63) is 35.7 Å². The molecule has 0 amide bonds. The van der Waals surface area contributed by atoms with E-state index in [1.807, 2.05) is 31.5 Å². The molecule has 0 aliphatic carbocycles. The molecule has 0 unspecified atom stereocenters. The van der Waals surface area contributed by atoms with Crippen molar-refractivity contribution in [2.24, 2.45) is 7.05 Å². The van der Waals surface area contributed by atoms with Crippen molar-refractivity contribution in [2.45, 2.75) is 13.8 Å². The summed E-state index contributed by atoms with van der Waals surface area (Å²) < 4.78 is 2.03. The first-order valence-electron chi connectivity index (χ1n) is 5.05. The first-order valence-corrected chi connectivity index (χ1v) is 5.05. The highest BCUT2D eigenvalue weighted by Crippen LogP contribution is 2.13. The largest absolute Gasteiger partial charge is 0.351 e. The second-order valence-corrected chi connectivity index (χ2v) is 3.69. The quantitative estimate of drug-likeness (QED) is 0.451. The number of aryl methyl sites for hydroxylation is 1. The fraction of sp³-hybridized carbons (Fsp3) is 0.417. The number of ketones is 1. The van der Waals surface area contributed by atoms with Gasteiger partial charge >= 0.3 is 0 Å². The normalized spacial score (nSPS) is 10.3. The smallest absolute Gasteiger partial charge is 0.178 e.